The maximum atomic E-state index is 13.3. The van der Waals surface area contributed by atoms with Crippen molar-refractivity contribution in [3.8, 4) is 0 Å². The number of piperidine rings is 1. The Kier molecular flexibility index (Phi) is 6.07. The topological polar surface area (TPSA) is 55.6 Å². The van der Waals surface area contributed by atoms with Gasteiger partial charge in [-0.15, -0.1) is 0 Å². The first-order chi connectivity index (χ1) is 16.1. The molecular weight excluding hydrogens is 412 g/mol. The van der Waals surface area contributed by atoms with Gasteiger partial charge < -0.3 is 4.42 Å². The van der Waals surface area contributed by atoms with Crippen LogP contribution >= 0.6 is 0 Å². The molecule has 0 aliphatic carbocycles. The van der Waals surface area contributed by atoms with E-state index in [-0.39, 0.29) is 29.7 Å². The summed E-state index contributed by atoms with van der Waals surface area (Å²) in [5.41, 5.74) is 3.78. The Hall–Kier alpha value is -3.28. The summed E-state index contributed by atoms with van der Waals surface area (Å²) in [6.07, 6.45) is 0.547. The predicted octanol–water partition coefficient (Wildman–Crippen LogP) is 5.94. The zero-order valence-electron chi connectivity index (χ0n) is 18.9. The minimum atomic E-state index is -0.188. The smallest absolute Gasteiger partial charge is 0.197 e. The van der Waals surface area contributed by atoms with E-state index in [1.54, 1.807) is 0 Å². The highest BCUT2D eigenvalue weighted by molar-refractivity contribution is 5.85. The first-order valence-electron chi connectivity index (χ1n) is 11.5. The van der Waals surface area contributed by atoms with Crippen LogP contribution in [0.25, 0.3) is 11.1 Å². The third-order valence-electron chi connectivity index (χ3n) is 6.57. The monoisotopic (exact) mass is 440 g/mol. The largest absolute Gasteiger partial charge is 0.441 e. The van der Waals surface area contributed by atoms with Gasteiger partial charge in [0.1, 0.15) is 11.3 Å². The maximum Gasteiger partial charge on any atom is 0.197 e. The number of hydrogen-bond donors (Lipinski definition) is 0. The summed E-state index contributed by atoms with van der Waals surface area (Å²) in [6.45, 7) is 4.43. The van der Waals surface area contributed by atoms with Crippen LogP contribution in [0.1, 0.15) is 42.9 Å². The van der Waals surface area contributed by atoms with E-state index >= 15 is 0 Å². The molecule has 0 N–H and O–H groups in total. The number of aromatic nitrogens is 1. The van der Waals surface area contributed by atoms with Crippen molar-refractivity contribution in [1.29, 1.82) is 0 Å². The van der Waals surface area contributed by atoms with Crippen molar-refractivity contribution in [3.05, 3.63) is 102 Å². The Balaban J connectivity index is 1.45. The van der Waals surface area contributed by atoms with Gasteiger partial charge in [0.2, 0.25) is 0 Å². The van der Waals surface area contributed by atoms with E-state index in [4.69, 9.17) is 9.25 Å². The lowest BCUT2D eigenvalue weighted by atomic mass is 9.76. The van der Waals surface area contributed by atoms with Crippen molar-refractivity contribution >= 4 is 16.9 Å². The van der Waals surface area contributed by atoms with Crippen molar-refractivity contribution in [2.45, 2.75) is 32.4 Å². The standard InChI is InChI=1S/C28H28N2O3/c1-19-26(21-11-5-3-6-12-21)30(27(20(2)28(19)31)22-13-7-4-8-14-22)32-18-17-25-29-23-15-9-10-16-24(23)33-25/h3-16,19-20,26-27H,17-18H2,1-2H3. The zero-order valence-corrected chi connectivity index (χ0v) is 18.9. The van der Waals surface area contributed by atoms with Crippen molar-refractivity contribution < 1.29 is 14.0 Å². The molecule has 0 radical (unpaired) electrons. The lowest BCUT2D eigenvalue weighted by Gasteiger charge is -2.47. The summed E-state index contributed by atoms with van der Waals surface area (Å²) in [5.74, 6) is 0.535. The molecule has 33 heavy (non-hydrogen) atoms. The van der Waals surface area contributed by atoms with Crippen LogP contribution in [0.15, 0.2) is 89.3 Å². The number of fused-ring (bicyclic) bond motifs is 1. The second-order valence-electron chi connectivity index (χ2n) is 8.71. The zero-order chi connectivity index (χ0) is 22.8. The minimum Gasteiger partial charge on any atom is -0.441 e. The lowest BCUT2D eigenvalue weighted by molar-refractivity contribution is -0.247. The molecule has 1 aliphatic rings. The van der Waals surface area contributed by atoms with Gasteiger partial charge in [-0.1, -0.05) is 86.6 Å². The van der Waals surface area contributed by atoms with Gasteiger partial charge in [-0.3, -0.25) is 9.63 Å². The molecule has 5 rings (SSSR count). The fraction of sp³-hybridized carbons (Fsp3) is 0.286. The number of carbonyl (C=O) groups excluding carboxylic acids is 1. The molecular formula is C28H28N2O3. The Labute approximate surface area is 194 Å². The summed E-state index contributed by atoms with van der Waals surface area (Å²) in [5, 5.41) is 2.05. The number of para-hydroxylation sites is 2. The van der Waals surface area contributed by atoms with Crippen LogP contribution in [0.5, 0.6) is 0 Å². The molecule has 5 heteroatoms. The third-order valence-corrected chi connectivity index (χ3v) is 6.57. The van der Waals surface area contributed by atoms with Gasteiger partial charge in [-0.2, -0.15) is 5.06 Å². The normalized spacial score (nSPS) is 23.8. The molecule has 4 atom stereocenters. The van der Waals surface area contributed by atoms with Crippen molar-refractivity contribution in [2.75, 3.05) is 6.61 Å². The molecule has 0 amide bonds. The molecule has 5 nitrogen and oxygen atoms in total. The van der Waals surface area contributed by atoms with Gasteiger partial charge in [0.05, 0.1) is 18.7 Å². The molecule has 4 unspecified atom stereocenters. The number of hydroxylamine groups is 2. The Morgan fingerprint density at radius 1 is 0.818 bits per heavy atom. The summed E-state index contributed by atoms with van der Waals surface area (Å²) in [6, 6.07) is 27.7. The highest BCUT2D eigenvalue weighted by Crippen LogP contribution is 2.46. The predicted molar refractivity (Wildman–Crippen MR) is 127 cm³/mol. The molecule has 3 aromatic carbocycles. The fourth-order valence-corrected chi connectivity index (χ4v) is 4.94. The number of rotatable bonds is 6. The average molecular weight is 441 g/mol. The summed E-state index contributed by atoms with van der Waals surface area (Å²) in [7, 11) is 0. The number of benzene rings is 3. The first kappa shape index (κ1) is 21.6. The molecule has 1 aliphatic heterocycles. The summed E-state index contributed by atoms with van der Waals surface area (Å²) < 4.78 is 5.88. The Bertz CT molecular complexity index is 1130. The van der Waals surface area contributed by atoms with Crippen LogP contribution in [0.3, 0.4) is 0 Å². The summed E-state index contributed by atoms with van der Waals surface area (Å²) >= 11 is 0. The van der Waals surface area contributed by atoms with Crippen LogP contribution < -0.4 is 0 Å². The van der Waals surface area contributed by atoms with Gasteiger partial charge in [0.25, 0.3) is 0 Å². The van der Waals surface area contributed by atoms with Gasteiger partial charge >= 0.3 is 0 Å². The molecule has 1 saturated heterocycles. The van der Waals surface area contributed by atoms with E-state index in [9.17, 15) is 4.79 Å². The highest BCUT2D eigenvalue weighted by Gasteiger charge is 2.47. The van der Waals surface area contributed by atoms with Gasteiger partial charge in [-0.25, -0.2) is 4.98 Å². The van der Waals surface area contributed by atoms with Gasteiger partial charge in [-0.05, 0) is 23.3 Å². The molecule has 0 saturated carbocycles. The number of nitrogens with zero attached hydrogens (tertiary/aromatic N) is 2. The van der Waals surface area contributed by atoms with Gasteiger partial charge in [0.15, 0.2) is 11.5 Å². The fourth-order valence-electron chi connectivity index (χ4n) is 4.94. The Morgan fingerprint density at radius 2 is 1.36 bits per heavy atom. The minimum absolute atomic E-state index is 0.177. The van der Waals surface area contributed by atoms with E-state index in [2.05, 4.69) is 29.2 Å². The van der Waals surface area contributed by atoms with Crippen molar-refractivity contribution in [1.82, 2.24) is 10.0 Å². The molecule has 2 heterocycles. The van der Waals surface area contributed by atoms with Crippen LogP contribution in [0, 0.1) is 11.8 Å². The number of oxazole rings is 1. The molecule has 1 aromatic heterocycles. The van der Waals surface area contributed by atoms with E-state index in [0.717, 1.165) is 22.2 Å². The lowest BCUT2D eigenvalue weighted by Crippen LogP contribution is -2.49. The SMILES string of the molecule is CC1C(=O)C(C)C(c2ccccc2)N(OCCc2nc3ccccc3o2)C1c1ccccc1. The first-order valence-corrected chi connectivity index (χ1v) is 11.5. The molecule has 0 bridgehead atoms. The van der Waals surface area contributed by atoms with Crippen molar-refractivity contribution in [3.63, 3.8) is 0 Å². The van der Waals surface area contributed by atoms with Crippen LogP contribution in [0.4, 0.5) is 0 Å². The van der Waals surface area contributed by atoms with Crippen LogP contribution in [0.2, 0.25) is 0 Å². The molecule has 1 fully saturated rings. The number of hydrogen-bond acceptors (Lipinski definition) is 5. The Morgan fingerprint density at radius 3 is 1.94 bits per heavy atom. The molecule has 0 spiro atoms. The molecule has 4 aromatic rings. The van der Waals surface area contributed by atoms with Gasteiger partial charge in [0, 0.05) is 18.3 Å². The van der Waals surface area contributed by atoms with Crippen LogP contribution in [-0.2, 0) is 16.1 Å². The van der Waals surface area contributed by atoms with Crippen LogP contribution in [-0.4, -0.2) is 22.4 Å². The molecule has 168 valence electrons. The second-order valence-corrected chi connectivity index (χ2v) is 8.71. The summed E-state index contributed by atoms with van der Waals surface area (Å²) in [4.78, 5) is 24.4. The van der Waals surface area contributed by atoms with E-state index < -0.39 is 0 Å². The quantitative estimate of drug-likeness (QED) is 0.371. The number of carbonyl (C=O) groups is 1. The van der Waals surface area contributed by atoms with E-state index in [1.807, 2.05) is 79.6 Å². The van der Waals surface area contributed by atoms with E-state index in [1.165, 1.54) is 0 Å². The highest BCUT2D eigenvalue weighted by atomic mass is 16.7. The maximum absolute atomic E-state index is 13.3. The van der Waals surface area contributed by atoms with E-state index in [0.29, 0.717) is 18.9 Å². The van der Waals surface area contributed by atoms with Crippen molar-refractivity contribution in [2.24, 2.45) is 11.8 Å². The third kappa shape index (κ3) is 4.22. The number of Topliss-reactive ketones (excluding diaryl/α,β-unsaturated/α-hetero) is 1. The number of ketones is 1. The second kappa shape index (κ2) is 9.30. The average Bonchev–Trinajstić information content (AvgIpc) is 3.27.